The van der Waals surface area contributed by atoms with Gasteiger partial charge < -0.3 is 10.1 Å². The van der Waals surface area contributed by atoms with E-state index < -0.39 is 0 Å². The summed E-state index contributed by atoms with van der Waals surface area (Å²) in [6, 6.07) is 27.7. The molecule has 0 radical (unpaired) electrons. The van der Waals surface area contributed by atoms with Gasteiger partial charge in [-0.25, -0.2) is 5.43 Å². The summed E-state index contributed by atoms with van der Waals surface area (Å²) in [7, 11) is 1.60. The standard InChI is InChI=1S/C29H25N9O/c1-19(23-12-8-21(17-30)9-13-23)35-37-28-16-27(32-25-6-4-5-7-26(25)39-3)33-29(34-28)38-36-20(2)24-14-10-22(18-31)11-15-24/h4-16H,1-3H3,(H3,32,33,34,37,38). The van der Waals surface area contributed by atoms with Crippen LogP contribution in [0.25, 0.3) is 0 Å². The first-order chi connectivity index (χ1) is 19.0. The fourth-order valence-corrected chi connectivity index (χ4v) is 3.48. The Morgan fingerprint density at radius 3 is 1.85 bits per heavy atom. The number of para-hydroxylation sites is 2. The minimum absolute atomic E-state index is 0.233. The molecule has 0 amide bonds. The van der Waals surface area contributed by atoms with Crippen LogP contribution in [-0.4, -0.2) is 28.5 Å². The fourth-order valence-electron chi connectivity index (χ4n) is 3.48. The number of hydrogen-bond acceptors (Lipinski definition) is 10. The Labute approximate surface area is 226 Å². The molecule has 3 N–H and O–H groups in total. The lowest BCUT2D eigenvalue weighted by Gasteiger charge is -2.12. The second kappa shape index (κ2) is 12.5. The fraction of sp³-hybridized carbons (Fsp3) is 0.103. The van der Waals surface area contributed by atoms with Crippen molar-refractivity contribution in [1.29, 1.82) is 10.5 Å². The molecule has 3 aromatic carbocycles. The predicted molar refractivity (Wildman–Crippen MR) is 152 cm³/mol. The second-order valence-electron chi connectivity index (χ2n) is 8.28. The third-order valence-corrected chi connectivity index (χ3v) is 5.62. The maximum Gasteiger partial charge on any atom is 0.247 e. The lowest BCUT2D eigenvalue weighted by molar-refractivity contribution is 0.417. The van der Waals surface area contributed by atoms with Crippen LogP contribution in [0.5, 0.6) is 5.75 Å². The zero-order chi connectivity index (χ0) is 27.6. The van der Waals surface area contributed by atoms with Crippen LogP contribution in [0.4, 0.5) is 23.3 Å². The van der Waals surface area contributed by atoms with Crippen molar-refractivity contribution in [3.05, 3.63) is 101 Å². The van der Waals surface area contributed by atoms with E-state index in [0.717, 1.165) is 16.8 Å². The number of aromatic nitrogens is 2. The molecule has 39 heavy (non-hydrogen) atoms. The molecule has 10 heteroatoms. The minimum Gasteiger partial charge on any atom is -0.495 e. The van der Waals surface area contributed by atoms with Gasteiger partial charge >= 0.3 is 0 Å². The summed E-state index contributed by atoms with van der Waals surface area (Å²) in [5.74, 6) is 1.79. The molecule has 0 spiro atoms. The van der Waals surface area contributed by atoms with Crippen molar-refractivity contribution in [2.75, 3.05) is 23.3 Å². The SMILES string of the molecule is COc1ccccc1Nc1cc(NN=C(C)c2ccc(C#N)cc2)nc(NN=C(C)c2ccc(C#N)cc2)n1. The maximum absolute atomic E-state index is 9.03. The molecule has 0 saturated carbocycles. The molecule has 10 nitrogen and oxygen atoms in total. The van der Waals surface area contributed by atoms with Crippen molar-refractivity contribution in [3.63, 3.8) is 0 Å². The van der Waals surface area contributed by atoms with E-state index >= 15 is 0 Å². The maximum atomic E-state index is 9.03. The van der Waals surface area contributed by atoms with Gasteiger partial charge in [0.15, 0.2) is 5.82 Å². The van der Waals surface area contributed by atoms with Gasteiger partial charge in [-0.05, 0) is 61.4 Å². The number of methoxy groups -OCH3 is 1. The number of hydrazone groups is 2. The highest BCUT2D eigenvalue weighted by atomic mass is 16.5. The first-order valence-corrected chi connectivity index (χ1v) is 11.9. The Balaban J connectivity index is 1.61. The second-order valence-corrected chi connectivity index (χ2v) is 8.28. The van der Waals surface area contributed by atoms with E-state index in [0.29, 0.717) is 39.9 Å². The van der Waals surface area contributed by atoms with Crippen molar-refractivity contribution in [3.8, 4) is 17.9 Å². The smallest absolute Gasteiger partial charge is 0.247 e. The van der Waals surface area contributed by atoms with E-state index in [2.05, 4.69) is 48.5 Å². The Kier molecular flexibility index (Phi) is 8.42. The summed E-state index contributed by atoms with van der Waals surface area (Å²) in [6.07, 6.45) is 0. The zero-order valence-electron chi connectivity index (χ0n) is 21.6. The van der Waals surface area contributed by atoms with E-state index in [1.807, 2.05) is 62.4 Å². The van der Waals surface area contributed by atoms with Gasteiger partial charge in [0.2, 0.25) is 5.95 Å². The molecule has 0 fully saturated rings. The third kappa shape index (κ3) is 6.94. The van der Waals surface area contributed by atoms with Crippen LogP contribution >= 0.6 is 0 Å². The van der Waals surface area contributed by atoms with Gasteiger partial charge in [0, 0.05) is 6.07 Å². The van der Waals surface area contributed by atoms with Gasteiger partial charge in [-0.3, -0.25) is 5.43 Å². The van der Waals surface area contributed by atoms with Crippen LogP contribution < -0.4 is 20.9 Å². The monoisotopic (exact) mass is 515 g/mol. The molecule has 1 aromatic heterocycles. The molecular weight excluding hydrogens is 490 g/mol. The number of nitrogens with zero attached hydrogens (tertiary/aromatic N) is 6. The zero-order valence-corrected chi connectivity index (χ0v) is 21.6. The molecule has 0 aliphatic carbocycles. The summed E-state index contributed by atoms with van der Waals surface area (Å²) >= 11 is 0. The third-order valence-electron chi connectivity index (χ3n) is 5.62. The van der Waals surface area contributed by atoms with Crippen LogP contribution in [-0.2, 0) is 0 Å². The van der Waals surface area contributed by atoms with Gasteiger partial charge in [0.05, 0.1) is 47.5 Å². The number of rotatable bonds is 9. The largest absolute Gasteiger partial charge is 0.495 e. The Bertz CT molecular complexity index is 1500. The number of nitrogens with one attached hydrogen (secondary N) is 3. The van der Waals surface area contributed by atoms with Crippen molar-refractivity contribution in [2.45, 2.75) is 13.8 Å². The van der Waals surface area contributed by atoms with Crippen LogP contribution in [0.3, 0.4) is 0 Å². The van der Waals surface area contributed by atoms with E-state index in [4.69, 9.17) is 15.3 Å². The van der Waals surface area contributed by atoms with Crippen molar-refractivity contribution in [1.82, 2.24) is 9.97 Å². The van der Waals surface area contributed by atoms with Gasteiger partial charge in [0.1, 0.15) is 11.6 Å². The lowest BCUT2D eigenvalue weighted by Crippen LogP contribution is -2.07. The van der Waals surface area contributed by atoms with E-state index in [9.17, 15) is 0 Å². The Morgan fingerprint density at radius 1 is 0.744 bits per heavy atom. The van der Waals surface area contributed by atoms with Crippen molar-refractivity contribution in [2.24, 2.45) is 10.2 Å². The van der Waals surface area contributed by atoms with Crippen LogP contribution in [0.15, 0.2) is 89.1 Å². The molecule has 0 unspecified atom stereocenters. The highest BCUT2D eigenvalue weighted by molar-refractivity contribution is 5.99. The molecule has 4 aromatic rings. The van der Waals surface area contributed by atoms with E-state index in [1.54, 1.807) is 37.4 Å². The molecule has 0 aliphatic heterocycles. The highest BCUT2D eigenvalue weighted by Crippen LogP contribution is 2.27. The normalized spacial score (nSPS) is 11.2. The van der Waals surface area contributed by atoms with Crippen LogP contribution in [0.2, 0.25) is 0 Å². The minimum atomic E-state index is 0.233. The number of nitriles is 2. The molecular formula is C29H25N9O. The highest BCUT2D eigenvalue weighted by Gasteiger charge is 2.09. The quantitative estimate of drug-likeness (QED) is 0.192. The molecule has 0 aliphatic rings. The van der Waals surface area contributed by atoms with Crippen LogP contribution in [0.1, 0.15) is 36.1 Å². The number of benzene rings is 3. The van der Waals surface area contributed by atoms with Gasteiger partial charge in [-0.2, -0.15) is 30.7 Å². The first kappa shape index (κ1) is 26.3. The summed E-state index contributed by atoms with van der Waals surface area (Å²) < 4.78 is 5.45. The van der Waals surface area contributed by atoms with Gasteiger partial charge in [-0.15, -0.1) is 0 Å². The van der Waals surface area contributed by atoms with Crippen LogP contribution in [0, 0.1) is 22.7 Å². The molecule has 192 valence electrons. The molecule has 0 atom stereocenters. The topological polar surface area (TPSA) is 143 Å². The summed E-state index contributed by atoms with van der Waals surface area (Å²) in [5.41, 5.74) is 10.9. The average Bonchev–Trinajstić information content (AvgIpc) is 2.99. The molecule has 0 bridgehead atoms. The molecule has 0 saturated heterocycles. The summed E-state index contributed by atoms with van der Waals surface area (Å²) in [5, 5.41) is 30.2. The Morgan fingerprint density at radius 2 is 1.28 bits per heavy atom. The number of anilines is 4. The molecule has 1 heterocycles. The summed E-state index contributed by atoms with van der Waals surface area (Å²) in [4.78, 5) is 9.04. The predicted octanol–water partition coefficient (Wildman–Crippen LogP) is 5.64. The number of hydrogen-bond donors (Lipinski definition) is 3. The Hall–Kier alpha value is -5.74. The van der Waals surface area contributed by atoms with E-state index in [-0.39, 0.29) is 5.95 Å². The van der Waals surface area contributed by atoms with E-state index in [1.165, 1.54) is 0 Å². The van der Waals surface area contributed by atoms with Gasteiger partial charge in [-0.1, -0.05) is 36.4 Å². The van der Waals surface area contributed by atoms with Crippen molar-refractivity contribution >= 4 is 34.7 Å². The summed E-state index contributed by atoms with van der Waals surface area (Å²) in [6.45, 7) is 3.70. The van der Waals surface area contributed by atoms with Crippen molar-refractivity contribution < 1.29 is 4.74 Å². The number of ether oxygens (including phenoxy) is 1. The molecule has 4 rings (SSSR count). The average molecular weight is 516 g/mol. The van der Waals surface area contributed by atoms with Gasteiger partial charge in [0.25, 0.3) is 0 Å². The lowest BCUT2D eigenvalue weighted by atomic mass is 10.1. The first-order valence-electron chi connectivity index (χ1n) is 11.9.